The number of nitrogens with two attached hydrogens (primary N) is 1. The molecule has 2 rings (SSSR count). The van der Waals surface area contributed by atoms with Gasteiger partial charge in [-0.15, -0.1) is 0 Å². The quantitative estimate of drug-likeness (QED) is 0.858. The summed E-state index contributed by atoms with van der Waals surface area (Å²) in [6, 6.07) is 10.2. The largest absolute Gasteiger partial charge is 0.364 e. The van der Waals surface area contributed by atoms with Gasteiger partial charge in [0.05, 0.1) is 6.10 Å². The second-order valence-corrected chi connectivity index (χ2v) is 5.21. The van der Waals surface area contributed by atoms with E-state index < -0.39 is 0 Å². The smallest absolute Gasteiger partial charge is 0.251 e. The van der Waals surface area contributed by atoms with Gasteiger partial charge in [-0.05, 0) is 31.7 Å². The molecule has 4 nitrogen and oxygen atoms in total. The van der Waals surface area contributed by atoms with Gasteiger partial charge < -0.3 is 15.4 Å². The van der Waals surface area contributed by atoms with Crippen LogP contribution in [0.1, 0.15) is 25.3 Å². The fourth-order valence-electron chi connectivity index (χ4n) is 2.60. The highest BCUT2D eigenvalue weighted by Crippen LogP contribution is 2.20. The van der Waals surface area contributed by atoms with Crippen LogP contribution in [0.15, 0.2) is 30.3 Å². The number of likely N-dealkylation sites (N-methyl/N-ethyl adjacent to an activating group) is 1. The minimum absolute atomic E-state index is 0.0526. The third kappa shape index (κ3) is 3.81. The van der Waals surface area contributed by atoms with Crippen molar-refractivity contribution in [2.24, 2.45) is 5.73 Å². The minimum Gasteiger partial charge on any atom is -0.364 e. The van der Waals surface area contributed by atoms with Crippen molar-refractivity contribution in [1.29, 1.82) is 0 Å². The Bertz CT molecular complexity index is 422. The summed E-state index contributed by atoms with van der Waals surface area (Å²) in [7, 11) is 0. The molecular formula is C16H24N2O2. The molecule has 4 heteroatoms. The van der Waals surface area contributed by atoms with Crippen LogP contribution in [-0.4, -0.2) is 42.6 Å². The van der Waals surface area contributed by atoms with Crippen molar-refractivity contribution in [1.82, 2.24) is 4.90 Å². The van der Waals surface area contributed by atoms with E-state index in [-0.39, 0.29) is 18.1 Å². The molecule has 1 aromatic carbocycles. The molecule has 1 fully saturated rings. The molecule has 2 unspecified atom stereocenters. The van der Waals surface area contributed by atoms with E-state index in [2.05, 4.69) is 12.1 Å². The first-order valence-electron chi connectivity index (χ1n) is 7.42. The third-order valence-corrected chi connectivity index (χ3v) is 3.85. The number of amides is 1. The topological polar surface area (TPSA) is 55.6 Å². The van der Waals surface area contributed by atoms with E-state index in [9.17, 15) is 4.79 Å². The second kappa shape index (κ2) is 7.41. The van der Waals surface area contributed by atoms with E-state index in [0.717, 1.165) is 32.4 Å². The fourth-order valence-corrected chi connectivity index (χ4v) is 2.60. The molecule has 1 heterocycles. The molecule has 0 bridgehead atoms. The van der Waals surface area contributed by atoms with Crippen LogP contribution >= 0.6 is 0 Å². The van der Waals surface area contributed by atoms with Crippen LogP contribution in [0.4, 0.5) is 0 Å². The van der Waals surface area contributed by atoms with Crippen molar-refractivity contribution in [3.8, 4) is 0 Å². The van der Waals surface area contributed by atoms with Crippen LogP contribution < -0.4 is 5.73 Å². The lowest BCUT2D eigenvalue weighted by atomic mass is 10.1. The molecule has 1 aliphatic rings. The van der Waals surface area contributed by atoms with Crippen molar-refractivity contribution in [2.75, 3.05) is 19.6 Å². The van der Waals surface area contributed by atoms with Gasteiger partial charge in [-0.25, -0.2) is 0 Å². The van der Waals surface area contributed by atoms with Crippen LogP contribution in [0.25, 0.3) is 0 Å². The molecule has 110 valence electrons. The zero-order valence-electron chi connectivity index (χ0n) is 12.1. The Morgan fingerprint density at radius 1 is 1.35 bits per heavy atom. The normalized spacial score (nSPS) is 21.9. The van der Waals surface area contributed by atoms with Gasteiger partial charge in [0.25, 0.3) is 5.91 Å². The highest BCUT2D eigenvalue weighted by atomic mass is 16.5. The number of carbonyl (C=O) groups is 1. The summed E-state index contributed by atoms with van der Waals surface area (Å²) >= 11 is 0. The first kappa shape index (κ1) is 15.0. The number of hydrogen-bond donors (Lipinski definition) is 1. The lowest BCUT2D eigenvalue weighted by Crippen LogP contribution is -2.40. The first-order valence-corrected chi connectivity index (χ1v) is 7.42. The summed E-state index contributed by atoms with van der Waals surface area (Å²) in [4.78, 5) is 14.3. The molecular weight excluding hydrogens is 252 g/mol. The van der Waals surface area contributed by atoms with E-state index >= 15 is 0 Å². The molecule has 0 radical (unpaired) electrons. The van der Waals surface area contributed by atoms with Crippen LogP contribution in [-0.2, 0) is 16.0 Å². The lowest BCUT2D eigenvalue weighted by molar-refractivity contribution is -0.142. The zero-order valence-corrected chi connectivity index (χ0v) is 12.1. The fraction of sp³-hybridized carbons (Fsp3) is 0.562. The molecule has 20 heavy (non-hydrogen) atoms. The van der Waals surface area contributed by atoms with E-state index in [0.29, 0.717) is 6.54 Å². The number of benzene rings is 1. The predicted molar refractivity (Wildman–Crippen MR) is 79.3 cm³/mol. The highest BCUT2D eigenvalue weighted by Gasteiger charge is 2.32. The average molecular weight is 276 g/mol. The molecule has 0 spiro atoms. The van der Waals surface area contributed by atoms with Crippen LogP contribution in [0, 0.1) is 0 Å². The Balaban J connectivity index is 1.86. The maximum atomic E-state index is 12.4. The van der Waals surface area contributed by atoms with Crippen molar-refractivity contribution in [3.05, 3.63) is 35.9 Å². The third-order valence-electron chi connectivity index (χ3n) is 3.85. The van der Waals surface area contributed by atoms with Crippen molar-refractivity contribution < 1.29 is 9.53 Å². The molecule has 1 amide bonds. The summed E-state index contributed by atoms with van der Waals surface area (Å²) < 4.78 is 5.69. The van der Waals surface area contributed by atoms with E-state index in [1.807, 2.05) is 30.0 Å². The summed E-state index contributed by atoms with van der Waals surface area (Å²) in [5.74, 6) is 0.111. The predicted octanol–water partition coefficient (Wildman–Crippen LogP) is 1.58. The maximum absolute atomic E-state index is 12.4. The van der Waals surface area contributed by atoms with E-state index in [1.54, 1.807) is 0 Å². The van der Waals surface area contributed by atoms with Crippen LogP contribution in [0.3, 0.4) is 0 Å². The lowest BCUT2D eigenvalue weighted by Gasteiger charge is -2.24. The second-order valence-electron chi connectivity index (χ2n) is 5.21. The summed E-state index contributed by atoms with van der Waals surface area (Å²) in [6.45, 7) is 3.98. The van der Waals surface area contributed by atoms with Gasteiger partial charge in [0.1, 0.15) is 6.10 Å². The van der Waals surface area contributed by atoms with Gasteiger partial charge in [-0.2, -0.15) is 0 Å². The Hall–Kier alpha value is -1.39. The number of ether oxygens (including phenoxy) is 1. The molecule has 0 saturated carbocycles. The minimum atomic E-state index is -0.292. The average Bonchev–Trinajstić information content (AvgIpc) is 2.97. The molecule has 1 aromatic rings. The van der Waals surface area contributed by atoms with Gasteiger partial charge in [0, 0.05) is 19.6 Å². The highest BCUT2D eigenvalue weighted by molar-refractivity contribution is 5.81. The van der Waals surface area contributed by atoms with Gasteiger partial charge in [0.2, 0.25) is 0 Å². The van der Waals surface area contributed by atoms with Crippen molar-refractivity contribution in [3.63, 3.8) is 0 Å². The Morgan fingerprint density at radius 2 is 2.10 bits per heavy atom. The molecule has 0 aromatic heterocycles. The molecule has 1 saturated heterocycles. The van der Waals surface area contributed by atoms with Gasteiger partial charge in [-0.3, -0.25) is 4.79 Å². The number of nitrogens with zero attached hydrogens (tertiary/aromatic N) is 1. The summed E-state index contributed by atoms with van der Waals surface area (Å²) in [6.07, 6.45) is 2.33. The Kier molecular flexibility index (Phi) is 5.56. The molecule has 2 atom stereocenters. The summed E-state index contributed by atoms with van der Waals surface area (Å²) in [5.41, 5.74) is 6.85. The zero-order chi connectivity index (χ0) is 14.4. The molecule has 0 aliphatic carbocycles. The Morgan fingerprint density at radius 3 is 2.70 bits per heavy atom. The first-order chi connectivity index (χ1) is 9.74. The van der Waals surface area contributed by atoms with Crippen LogP contribution in [0.2, 0.25) is 0 Å². The SMILES string of the molecule is CCN(CCc1ccccc1)C(=O)C1CCC(CN)O1. The van der Waals surface area contributed by atoms with E-state index in [4.69, 9.17) is 10.5 Å². The monoisotopic (exact) mass is 276 g/mol. The number of rotatable bonds is 6. The number of hydrogen-bond acceptors (Lipinski definition) is 3. The van der Waals surface area contributed by atoms with Crippen LogP contribution in [0.5, 0.6) is 0 Å². The molecule has 1 aliphatic heterocycles. The molecule has 2 N–H and O–H groups in total. The van der Waals surface area contributed by atoms with Crippen molar-refractivity contribution >= 4 is 5.91 Å². The van der Waals surface area contributed by atoms with Gasteiger partial charge >= 0.3 is 0 Å². The van der Waals surface area contributed by atoms with Gasteiger partial charge in [0.15, 0.2) is 0 Å². The summed E-state index contributed by atoms with van der Waals surface area (Å²) in [5, 5.41) is 0. The standard InChI is InChI=1S/C16H24N2O2/c1-2-18(11-10-13-6-4-3-5-7-13)16(19)15-9-8-14(12-17)20-15/h3-7,14-15H,2,8-12,17H2,1H3. The maximum Gasteiger partial charge on any atom is 0.251 e. The number of carbonyl (C=O) groups excluding carboxylic acids is 1. The van der Waals surface area contributed by atoms with Crippen molar-refractivity contribution in [2.45, 2.75) is 38.4 Å². The van der Waals surface area contributed by atoms with E-state index in [1.165, 1.54) is 5.56 Å². The Labute approximate surface area is 120 Å². The van der Waals surface area contributed by atoms with Gasteiger partial charge in [-0.1, -0.05) is 30.3 Å².